The summed E-state index contributed by atoms with van der Waals surface area (Å²) in [6.45, 7) is 9.18. The van der Waals surface area contributed by atoms with Crippen LogP contribution in [0.1, 0.15) is 53.9 Å². The number of ether oxygens (including phenoxy) is 3. The first kappa shape index (κ1) is 19.8. The molecule has 0 spiro atoms. The number of methoxy groups -OCH3 is 1. The van der Waals surface area contributed by atoms with E-state index in [4.69, 9.17) is 14.2 Å². The second kappa shape index (κ2) is 6.59. The van der Waals surface area contributed by atoms with Gasteiger partial charge in [0.25, 0.3) is 0 Å². The molecule has 3 rings (SSSR count). The Hall–Kier alpha value is -1.95. The fraction of sp³-hybridized carbons (Fsp3) is 0.667. The summed E-state index contributed by atoms with van der Waals surface area (Å²) in [7, 11) is 1.46. The third-order valence-corrected chi connectivity index (χ3v) is 7.01. The van der Waals surface area contributed by atoms with Crippen molar-refractivity contribution in [3.63, 3.8) is 0 Å². The lowest BCUT2D eigenvalue weighted by atomic mass is 9.51. The number of esters is 2. The molecule has 6 nitrogen and oxygen atoms in total. The molecule has 1 heterocycles. The molecule has 148 valence electrons. The lowest BCUT2D eigenvalue weighted by Gasteiger charge is -2.56. The second-order valence-electron chi connectivity index (χ2n) is 8.17. The van der Waals surface area contributed by atoms with Crippen LogP contribution in [0.15, 0.2) is 22.8 Å². The van der Waals surface area contributed by atoms with Crippen LogP contribution in [-0.2, 0) is 28.6 Å². The van der Waals surface area contributed by atoms with Gasteiger partial charge >= 0.3 is 11.9 Å². The molecule has 0 radical (unpaired) electrons. The topological polar surface area (TPSA) is 78.9 Å². The Morgan fingerprint density at radius 3 is 2.59 bits per heavy atom. The Morgan fingerprint density at radius 2 is 2.00 bits per heavy atom. The van der Waals surface area contributed by atoms with Crippen LogP contribution in [0.25, 0.3) is 0 Å². The molecule has 0 aromatic rings. The number of fused-ring (bicyclic) bond motifs is 2. The Morgan fingerprint density at radius 1 is 1.33 bits per heavy atom. The second-order valence-corrected chi connectivity index (χ2v) is 8.17. The molecule has 0 saturated heterocycles. The number of hydrogen-bond donors (Lipinski definition) is 0. The Bertz CT molecular complexity index is 763. The highest BCUT2D eigenvalue weighted by Gasteiger charge is 2.67. The summed E-state index contributed by atoms with van der Waals surface area (Å²) in [6.07, 6.45) is 2.38. The Labute approximate surface area is 159 Å². The van der Waals surface area contributed by atoms with Gasteiger partial charge in [-0.15, -0.1) is 0 Å². The number of allylic oxidation sites excluding steroid dienone is 1. The summed E-state index contributed by atoms with van der Waals surface area (Å²) in [6, 6.07) is 0. The highest BCUT2D eigenvalue weighted by molar-refractivity contribution is 5.94. The summed E-state index contributed by atoms with van der Waals surface area (Å²) >= 11 is 0. The van der Waals surface area contributed by atoms with Crippen molar-refractivity contribution in [3.05, 3.63) is 22.8 Å². The number of ketones is 1. The van der Waals surface area contributed by atoms with Gasteiger partial charge in [-0.1, -0.05) is 19.9 Å². The summed E-state index contributed by atoms with van der Waals surface area (Å²) < 4.78 is 17.2. The molecule has 0 N–H and O–H groups in total. The average Bonchev–Trinajstić information content (AvgIpc) is 2.90. The van der Waals surface area contributed by atoms with Crippen LogP contribution in [0.4, 0.5) is 0 Å². The summed E-state index contributed by atoms with van der Waals surface area (Å²) in [5.41, 5.74) is 0.804. The van der Waals surface area contributed by atoms with Crippen molar-refractivity contribution in [1.82, 2.24) is 0 Å². The molecule has 2 saturated carbocycles. The highest BCUT2D eigenvalue weighted by Crippen LogP contribution is 2.60. The molecule has 0 amide bonds. The molecule has 0 aromatic carbocycles. The lowest BCUT2D eigenvalue weighted by molar-refractivity contribution is -0.234. The number of carbonyl (C=O) groups excluding carboxylic acids is 3. The molecule has 2 aliphatic carbocycles. The third-order valence-electron chi connectivity index (χ3n) is 7.01. The van der Waals surface area contributed by atoms with Gasteiger partial charge in [0.1, 0.15) is 11.9 Å². The van der Waals surface area contributed by atoms with E-state index in [1.807, 2.05) is 6.92 Å². The van der Waals surface area contributed by atoms with E-state index in [0.717, 1.165) is 6.42 Å². The van der Waals surface area contributed by atoms with E-state index in [1.54, 1.807) is 26.8 Å². The zero-order valence-electron chi connectivity index (χ0n) is 16.9. The van der Waals surface area contributed by atoms with E-state index in [-0.39, 0.29) is 18.1 Å². The van der Waals surface area contributed by atoms with Gasteiger partial charge in [-0.05, 0) is 33.1 Å². The van der Waals surface area contributed by atoms with E-state index in [2.05, 4.69) is 6.92 Å². The van der Waals surface area contributed by atoms with E-state index in [9.17, 15) is 14.4 Å². The minimum atomic E-state index is -1.34. The van der Waals surface area contributed by atoms with Gasteiger partial charge in [0, 0.05) is 42.4 Å². The maximum Gasteiger partial charge on any atom is 0.336 e. The monoisotopic (exact) mass is 376 g/mol. The van der Waals surface area contributed by atoms with Crippen molar-refractivity contribution < 1.29 is 28.6 Å². The van der Waals surface area contributed by atoms with Crippen molar-refractivity contribution in [2.24, 2.45) is 17.3 Å². The standard InChI is InChI=1S/C21H28O6/c1-7-11(2)18(23)26-17-16-13(4)19(24)27-21(16,25-6)10-14-15(22)9-8-12(3)20(14,17)5/h7,12,14,17H,8-10H2,1-6H3. The zero-order chi connectivity index (χ0) is 20.1. The molecule has 5 atom stereocenters. The number of Topliss-reactive ketones (excluding diaryl/α,β-unsaturated/α-hetero) is 1. The normalized spacial score (nSPS) is 39.0. The van der Waals surface area contributed by atoms with Crippen LogP contribution in [0.5, 0.6) is 0 Å². The molecule has 5 unspecified atom stereocenters. The average molecular weight is 376 g/mol. The predicted molar refractivity (Wildman–Crippen MR) is 97.5 cm³/mol. The van der Waals surface area contributed by atoms with Crippen molar-refractivity contribution in [2.75, 3.05) is 7.11 Å². The van der Waals surface area contributed by atoms with Crippen molar-refractivity contribution in [3.8, 4) is 0 Å². The van der Waals surface area contributed by atoms with Gasteiger partial charge in [-0.25, -0.2) is 9.59 Å². The fourth-order valence-electron chi connectivity index (χ4n) is 4.85. The van der Waals surface area contributed by atoms with Crippen LogP contribution >= 0.6 is 0 Å². The maximum absolute atomic E-state index is 12.8. The predicted octanol–water partition coefficient (Wildman–Crippen LogP) is 3.11. The van der Waals surface area contributed by atoms with Crippen molar-refractivity contribution in [2.45, 2.75) is 65.8 Å². The van der Waals surface area contributed by atoms with Crippen LogP contribution < -0.4 is 0 Å². The molecule has 2 fully saturated rings. The molecular formula is C21H28O6. The van der Waals surface area contributed by atoms with Crippen molar-refractivity contribution >= 4 is 17.7 Å². The van der Waals surface area contributed by atoms with Crippen molar-refractivity contribution in [1.29, 1.82) is 0 Å². The molecule has 27 heavy (non-hydrogen) atoms. The summed E-state index contributed by atoms with van der Waals surface area (Å²) in [4.78, 5) is 37.9. The minimum Gasteiger partial charge on any atom is -0.454 e. The molecule has 6 heteroatoms. The molecule has 0 aromatic heterocycles. The highest BCUT2D eigenvalue weighted by atomic mass is 16.7. The van der Waals surface area contributed by atoms with E-state index < -0.39 is 35.2 Å². The maximum atomic E-state index is 12.8. The van der Waals surface area contributed by atoms with Gasteiger partial charge in [-0.2, -0.15) is 0 Å². The minimum absolute atomic E-state index is 0.107. The first-order valence-electron chi connectivity index (χ1n) is 9.48. The first-order valence-corrected chi connectivity index (χ1v) is 9.48. The Balaban J connectivity index is 2.19. The van der Waals surface area contributed by atoms with E-state index in [1.165, 1.54) is 7.11 Å². The van der Waals surface area contributed by atoms with Gasteiger partial charge in [0.2, 0.25) is 5.79 Å². The Kier molecular flexibility index (Phi) is 4.83. The van der Waals surface area contributed by atoms with Gasteiger partial charge in [0.05, 0.1) is 5.57 Å². The van der Waals surface area contributed by atoms with Crippen LogP contribution in [0.2, 0.25) is 0 Å². The third kappa shape index (κ3) is 2.68. The molecule has 3 aliphatic rings. The van der Waals surface area contributed by atoms with Crippen LogP contribution in [0, 0.1) is 17.3 Å². The quantitative estimate of drug-likeness (QED) is 0.556. The van der Waals surface area contributed by atoms with E-state index in [0.29, 0.717) is 23.1 Å². The molecular weight excluding hydrogens is 348 g/mol. The number of hydrogen-bond acceptors (Lipinski definition) is 6. The number of rotatable bonds is 3. The van der Waals surface area contributed by atoms with Crippen LogP contribution in [-0.4, -0.2) is 36.7 Å². The molecule has 1 aliphatic heterocycles. The largest absolute Gasteiger partial charge is 0.454 e. The zero-order valence-corrected chi connectivity index (χ0v) is 16.9. The van der Waals surface area contributed by atoms with Gasteiger partial charge < -0.3 is 14.2 Å². The molecule has 0 bridgehead atoms. The fourth-order valence-corrected chi connectivity index (χ4v) is 4.85. The SMILES string of the molecule is CC=C(C)C(=O)OC1C2=C(C)C(=O)OC2(OC)CC2C(=O)CCC(C)C21C. The summed E-state index contributed by atoms with van der Waals surface area (Å²) in [5, 5.41) is 0. The van der Waals surface area contributed by atoms with Gasteiger partial charge in [-0.3, -0.25) is 4.79 Å². The number of carbonyl (C=O) groups is 3. The smallest absolute Gasteiger partial charge is 0.336 e. The summed E-state index contributed by atoms with van der Waals surface area (Å²) in [5.74, 6) is -2.46. The van der Waals surface area contributed by atoms with Gasteiger partial charge in [0.15, 0.2) is 0 Å². The van der Waals surface area contributed by atoms with E-state index >= 15 is 0 Å². The lowest BCUT2D eigenvalue weighted by Crippen LogP contribution is -2.62. The first-order chi connectivity index (χ1) is 12.6. The van der Waals surface area contributed by atoms with Crippen LogP contribution in [0.3, 0.4) is 0 Å².